The first-order valence-corrected chi connectivity index (χ1v) is 7.81. The monoisotopic (exact) mass is 330 g/mol. The lowest BCUT2D eigenvalue weighted by atomic mass is 10.1. The van der Waals surface area contributed by atoms with Gasteiger partial charge in [-0.1, -0.05) is 13.8 Å². The van der Waals surface area contributed by atoms with Gasteiger partial charge in [-0.3, -0.25) is 9.59 Å². The number of methoxy groups -OCH3 is 1. The molecule has 1 aromatic rings. The Hall–Kier alpha value is -2.13. The lowest BCUT2D eigenvalue weighted by molar-refractivity contribution is -0.140. The van der Waals surface area contributed by atoms with Gasteiger partial charge in [-0.05, 0) is 24.1 Å². The number of hydrogen-bond acceptors (Lipinski definition) is 5. The van der Waals surface area contributed by atoms with Crippen LogP contribution in [0.15, 0.2) is 23.1 Å². The Kier molecular flexibility index (Phi) is 5.50. The van der Waals surface area contributed by atoms with Crippen LogP contribution in [0.25, 0.3) is 0 Å². The molecule has 0 bridgehead atoms. The van der Waals surface area contributed by atoms with Gasteiger partial charge in [0, 0.05) is 0 Å². The summed E-state index contributed by atoms with van der Waals surface area (Å²) in [4.78, 5) is 22.2. The number of sulfonamides is 1. The van der Waals surface area contributed by atoms with Gasteiger partial charge < -0.3 is 15.6 Å². The SMILES string of the molecule is COc1ccc(S(=O)(=O)N[C@H](C(=O)O)C(C)C)cc1C(N)=O. The van der Waals surface area contributed by atoms with Crippen molar-refractivity contribution in [1.82, 2.24) is 4.72 Å². The van der Waals surface area contributed by atoms with Gasteiger partial charge in [-0.2, -0.15) is 4.72 Å². The van der Waals surface area contributed by atoms with E-state index in [0.29, 0.717) is 0 Å². The van der Waals surface area contributed by atoms with Crippen LogP contribution in [-0.2, 0) is 14.8 Å². The molecule has 0 heterocycles. The van der Waals surface area contributed by atoms with Crippen molar-refractivity contribution in [3.63, 3.8) is 0 Å². The Bertz CT molecular complexity index is 684. The topological polar surface area (TPSA) is 136 Å². The third kappa shape index (κ3) is 3.95. The molecular formula is C13H18N2O6S. The zero-order valence-corrected chi connectivity index (χ0v) is 13.2. The second kappa shape index (κ2) is 6.75. The molecule has 0 spiro atoms. The molecule has 122 valence electrons. The van der Waals surface area contributed by atoms with Gasteiger partial charge in [0.25, 0.3) is 5.91 Å². The summed E-state index contributed by atoms with van der Waals surface area (Å²) in [5.74, 6) is -2.47. The molecule has 8 nitrogen and oxygen atoms in total. The minimum absolute atomic E-state index is 0.109. The van der Waals surface area contributed by atoms with Gasteiger partial charge in [0.15, 0.2) is 0 Å². The summed E-state index contributed by atoms with van der Waals surface area (Å²) in [6.07, 6.45) is 0. The summed E-state index contributed by atoms with van der Waals surface area (Å²) in [6.45, 7) is 3.15. The molecular weight excluding hydrogens is 312 g/mol. The summed E-state index contributed by atoms with van der Waals surface area (Å²) in [7, 11) is -2.81. The first-order chi connectivity index (χ1) is 10.1. The number of aliphatic carboxylic acids is 1. The maximum Gasteiger partial charge on any atom is 0.322 e. The molecule has 0 aliphatic carbocycles. The smallest absolute Gasteiger partial charge is 0.322 e. The molecule has 22 heavy (non-hydrogen) atoms. The summed E-state index contributed by atoms with van der Waals surface area (Å²) >= 11 is 0. The Balaban J connectivity index is 3.26. The number of carboxylic acid groups (broad SMARTS) is 1. The molecule has 0 saturated carbocycles. The third-order valence-electron chi connectivity index (χ3n) is 2.96. The van der Waals surface area contributed by atoms with Gasteiger partial charge in [0.05, 0.1) is 17.6 Å². The average molecular weight is 330 g/mol. The highest BCUT2D eigenvalue weighted by molar-refractivity contribution is 7.89. The average Bonchev–Trinajstić information content (AvgIpc) is 2.43. The van der Waals surface area contributed by atoms with Crippen molar-refractivity contribution in [3.05, 3.63) is 23.8 Å². The van der Waals surface area contributed by atoms with Crippen LogP contribution in [0.3, 0.4) is 0 Å². The summed E-state index contributed by atoms with van der Waals surface area (Å²) in [6, 6.07) is 2.24. The van der Waals surface area contributed by atoms with Crippen LogP contribution in [-0.4, -0.2) is 38.6 Å². The van der Waals surface area contributed by atoms with Crippen LogP contribution >= 0.6 is 0 Å². The lowest BCUT2D eigenvalue weighted by Gasteiger charge is -2.18. The second-order valence-electron chi connectivity index (χ2n) is 4.91. The van der Waals surface area contributed by atoms with E-state index >= 15 is 0 Å². The Morgan fingerprint density at radius 2 is 1.91 bits per heavy atom. The van der Waals surface area contributed by atoms with Crippen molar-refractivity contribution in [2.75, 3.05) is 7.11 Å². The fraction of sp³-hybridized carbons (Fsp3) is 0.385. The van der Waals surface area contributed by atoms with Crippen LogP contribution < -0.4 is 15.2 Å². The van der Waals surface area contributed by atoms with Gasteiger partial charge >= 0.3 is 5.97 Å². The number of primary amides is 1. The molecule has 0 fully saturated rings. The third-order valence-corrected chi connectivity index (χ3v) is 4.40. The van der Waals surface area contributed by atoms with Gasteiger partial charge in [-0.25, -0.2) is 8.42 Å². The summed E-state index contributed by atoms with van der Waals surface area (Å²) in [5, 5.41) is 9.06. The first-order valence-electron chi connectivity index (χ1n) is 6.33. The number of carboxylic acids is 1. The number of carbonyl (C=O) groups is 2. The number of rotatable bonds is 7. The fourth-order valence-corrected chi connectivity index (χ4v) is 3.12. The van der Waals surface area contributed by atoms with E-state index in [1.54, 1.807) is 13.8 Å². The number of amides is 1. The standard InChI is InChI=1S/C13H18N2O6S/c1-7(2)11(13(17)18)15-22(19,20)8-4-5-10(21-3)9(6-8)12(14)16/h4-7,11,15H,1-3H3,(H2,14,16)(H,17,18)/t11-/m0/s1. The molecule has 0 aromatic heterocycles. The first kappa shape index (κ1) is 17.9. The van der Waals surface area contributed by atoms with Crippen molar-refractivity contribution in [2.45, 2.75) is 24.8 Å². The highest BCUT2D eigenvalue weighted by Crippen LogP contribution is 2.22. The molecule has 0 saturated heterocycles. The Morgan fingerprint density at radius 3 is 2.32 bits per heavy atom. The summed E-state index contributed by atoms with van der Waals surface area (Å²) in [5.41, 5.74) is 5.06. The van der Waals surface area contributed by atoms with E-state index < -0.39 is 33.9 Å². The van der Waals surface area contributed by atoms with Gasteiger partial charge in [0.2, 0.25) is 10.0 Å². The largest absolute Gasteiger partial charge is 0.496 e. The molecule has 4 N–H and O–H groups in total. The van der Waals surface area contributed by atoms with E-state index in [9.17, 15) is 18.0 Å². The minimum atomic E-state index is -4.12. The molecule has 0 aliphatic heterocycles. The van der Waals surface area contributed by atoms with E-state index in [1.165, 1.54) is 19.2 Å². The van der Waals surface area contributed by atoms with Crippen molar-refractivity contribution in [1.29, 1.82) is 0 Å². The molecule has 0 radical (unpaired) electrons. The predicted octanol–water partition coefficient (Wildman–Crippen LogP) is 0.182. The molecule has 1 atom stereocenters. The van der Waals surface area contributed by atoms with Crippen molar-refractivity contribution < 1.29 is 27.9 Å². The number of nitrogens with two attached hydrogens (primary N) is 1. The van der Waals surface area contributed by atoms with Gasteiger partial charge in [-0.15, -0.1) is 0 Å². The highest BCUT2D eigenvalue weighted by Gasteiger charge is 2.28. The van der Waals surface area contributed by atoms with Crippen molar-refractivity contribution in [3.8, 4) is 5.75 Å². The highest BCUT2D eigenvalue weighted by atomic mass is 32.2. The zero-order chi connectivity index (χ0) is 17.1. The van der Waals surface area contributed by atoms with E-state index in [0.717, 1.165) is 6.07 Å². The maximum absolute atomic E-state index is 12.3. The number of hydrogen-bond donors (Lipinski definition) is 3. The Morgan fingerprint density at radius 1 is 1.32 bits per heavy atom. The normalized spacial score (nSPS) is 12.9. The minimum Gasteiger partial charge on any atom is -0.496 e. The van der Waals surface area contributed by atoms with E-state index in [-0.39, 0.29) is 16.2 Å². The number of carbonyl (C=O) groups excluding carboxylic acids is 1. The van der Waals surface area contributed by atoms with Crippen LogP contribution in [0, 0.1) is 5.92 Å². The van der Waals surface area contributed by atoms with Gasteiger partial charge in [0.1, 0.15) is 11.8 Å². The van der Waals surface area contributed by atoms with Crippen LogP contribution in [0.5, 0.6) is 5.75 Å². The fourth-order valence-electron chi connectivity index (χ4n) is 1.75. The van der Waals surface area contributed by atoms with E-state index in [4.69, 9.17) is 15.6 Å². The predicted molar refractivity (Wildman–Crippen MR) is 78.1 cm³/mol. The van der Waals surface area contributed by atoms with Crippen LogP contribution in [0.4, 0.5) is 0 Å². The second-order valence-corrected chi connectivity index (χ2v) is 6.62. The van der Waals surface area contributed by atoms with Crippen molar-refractivity contribution in [2.24, 2.45) is 11.7 Å². The number of ether oxygens (including phenoxy) is 1. The Labute approximate surface area is 128 Å². The number of benzene rings is 1. The molecule has 1 rings (SSSR count). The van der Waals surface area contributed by atoms with Crippen LogP contribution in [0.2, 0.25) is 0 Å². The lowest BCUT2D eigenvalue weighted by Crippen LogP contribution is -2.44. The molecule has 1 amide bonds. The van der Waals surface area contributed by atoms with Crippen molar-refractivity contribution >= 4 is 21.9 Å². The van der Waals surface area contributed by atoms with Crippen LogP contribution in [0.1, 0.15) is 24.2 Å². The molecule has 1 aromatic carbocycles. The summed E-state index contributed by atoms with van der Waals surface area (Å²) < 4.78 is 31.5. The molecule has 0 aliphatic rings. The number of nitrogens with one attached hydrogen (secondary N) is 1. The molecule has 0 unspecified atom stereocenters. The quantitative estimate of drug-likeness (QED) is 0.652. The van der Waals surface area contributed by atoms with E-state index in [2.05, 4.69) is 4.72 Å². The maximum atomic E-state index is 12.3. The molecule has 9 heteroatoms. The zero-order valence-electron chi connectivity index (χ0n) is 12.4. The van der Waals surface area contributed by atoms with E-state index in [1.807, 2.05) is 0 Å².